The van der Waals surface area contributed by atoms with Gasteiger partial charge in [0.1, 0.15) is 5.56 Å². The predicted octanol–water partition coefficient (Wildman–Crippen LogP) is 3.34. The van der Waals surface area contributed by atoms with Crippen molar-refractivity contribution in [1.29, 1.82) is 0 Å². The maximum Gasteiger partial charge on any atom is 0.416 e. The van der Waals surface area contributed by atoms with Crippen molar-refractivity contribution in [2.75, 3.05) is 5.75 Å². The van der Waals surface area contributed by atoms with E-state index in [-0.39, 0.29) is 46.7 Å². The molecule has 0 saturated heterocycles. The van der Waals surface area contributed by atoms with Crippen LogP contribution in [0.25, 0.3) is 11.1 Å². The molecule has 4 rings (SSSR count). The molecule has 0 spiro atoms. The smallest absolute Gasteiger partial charge is 0.348 e. The van der Waals surface area contributed by atoms with Crippen LogP contribution in [0.5, 0.6) is 0 Å². The molecule has 3 aromatic rings. The first-order chi connectivity index (χ1) is 16.3. The van der Waals surface area contributed by atoms with Gasteiger partial charge in [-0.25, -0.2) is 13.4 Å². The monoisotopic (exact) mass is 508 g/mol. The Balaban J connectivity index is 1.71. The molecule has 8 nitrogen and oxygen atoms in total. The number of amides is 1. The Morgan fingerprint density at radius 1 is 1.23 bits per heavy atom. The third kappa shape index (κ3) is 4.62. The molecule has 3 heterocycles. The predicted molar refractivity (Wildman–Crippen MR) is 122 cm³/mol. The number of nitrogens with one attached hydrogen (secondary N) is 1. The first kappa shape index (κ1) is 24.7. The molecule has 2 aromatic heterocycles. The fourth-order valence-corrected chi connectivity index (χ4v) is 5.51. The number of sulfone groups is 1. The van der Waals surface area contributed by atoms with Crippen molar-refractivity contribution in [3.8, 4) is 11.1 Å². The second kappa shape index (κ2) is 8.67. The SMILES string of the molecule is Cc1c(-c2cccc(C(F)(F)F)c2)c(=O)c(C(=O)NCc2cn3c(n2)S(=O)(=O)CC3)cn1C(C)C. The van der Waals surface area contributed by atoms with Crippen LogP contribution >= 0.6 is 0 Å². The summed E-state index contributed by atoms with van der Waals surface area (Å²) >= 11 is 0. The van der Waals surface area contributed by atoms with Crippen LogP contribution < -0.4 is 10.7 Å². The Hall–Kier alpha value is -3.41. The molecule has 35 heavy (non-hydrogen) atoms. The standard InChI is InChI=1S/C23H23F3N4O4S/c1-13(2)30-12-18(21(32)27-10-17-11-29-7-8-35(33,34)22(29)28-17)20(31)19(14(30)3)15-5-4-6-16(9-15)23(24,25)26/h4-6,9,11-13H,7-8,10H2,1-3H3,(H,27,32). The van der Waals surface area contributed by atoms with Crippen molar-refractivity contribution in [1.82, 2.24) is 19.4 Å². The van der Waals surface area contributed by atoms with Crippen molar-refractivity contribution < 1.29 is 26.4 Å². The average Bonchev–Trinajstić information content (AvgIpc) is 3.31. The lowest BCUT2D eigenvalue weighted by Gasteiger charge is -2.20. The summed E-state index contributed by atoms with van der Waals surface area (Å²) in [5.74, 6) is -0.771. The molecule has 1 aliphatic rings. The van der Waals surface area contributed by atoms with Crippen molar-refractivity contribution in [3.05, 3.63) is 69.4 Å². The van der Waals surface area contributed by atoms with Crippen LogP contribution in [0.4, 0.5) is 13.2 Å². The van der Waals surface area contributed by atoms with Gasteiger partial charge in [-0.15, -0.1) is 0 Å². The third-order valence-corrected chi connectivity index (χ3v) is 7.47. The highest BCUT2D eigenvalue weighted by atomic mass is 32.2. The van der Waals surface area contributed by atoms with Crippen LogP contribution in [0, 0.1) is 6.92 Å². The highest BCUT2D eigenvalue weighted by Crippen LogP contribution is 2.32. The zero-order chi connectivity index (χ0) is 25.7. The lowest BCUT2D eigenvalue weighted by atomic mass is 9.98. The zero-order valence-corrected chi connectivity index (χ0v) is 20.0. The number of aryl methyl sites for hydroxylation is 1. The number of carbonyl (C=O) groups excluding carboxylic acids is 1. The van der Waals surface area contributed by atoms with E-state index in [1.165, 1.54) is 29.1 Å². The second-order valence-corrected chi connectivity index (χ2v) is 10.6. The molecule has 0 radical (unpaired) electrons. The van der Waals surface area contributed by atoms with Gasteiger partial charge in [0.2, 0.25) is 20.4 Å². The van der Waals surface area contributed by atoms with E-state index >= 15 is 0 Å². The van der Waals surface area contributed by atoms with Crippen molar-refractivity contribution in [2.24, 2.45) is 0 Å². The molecular weight excluding hydrogens is 485 g/mol. The Kier molecular flexibility index (Phi) is 6.12. The van der Waals surface area contributed by atoms with E-state index in [1.807, 2.05) is 13.8 Å². The normalized spacial score (nSPS) is 14.8. The van der Waals surface area contributed by atoms with E-state index in [1.54, 1.807) is 11.5 Å². The number of nitrogens with zero attached hydrogens (tertiary/aromatic N) is 3. The first-order valence-electron chi connectivity index (χ1n) is 10.8. The molecule has 0 atom stereocenters. The number of aromatic nitrogens is 3. The number of hydrogen-bond acceptors (Lipinski definition) is 5. The largest absolute Gasteiger partial charge is 0.416 e. The number of hydrogen-bond donors (Lipinski definition) is 1. The quantitative estimate of drug-likeness (QED) is 0.570. The topological polar surface area (TPSA) is 103 Å². The van der Waals surface area contributed by atoms with Gasteiger partial charge in [0.05, 0.1) is 23.6 Å². The summed E-state index contributed by atoms with van der Waals surface area (Å²) in [4.78, 5) is 30.4. The minimum atomic E-state index is -4.59. The number of fused-ring (bicyclic) bond motifs is 1. The number of carbonyl (C=O) groups is 1. The van der Waals surface area contributed by atoms with Gasteiger partial charge < -0.3 is 14.5 Å². The Morgan fingerprint density at radius 3 is 2.57 bits per heavy atom. The second-order valence-electron chi connectivity index (χ2n) is 8.62. The molecule has 0 fully saturated rings. The molecule has 1 amide bonds. The van der Waals surface area contributed by atoms with Gasteiger partial charge in [0.15, 0.2) is 0 Å². The van der Waals surface area contributed by atoms with Gasteiger partial charge >= 0.3 is 6.18 Å². The van der Waals surface area contributed by atoms with Gasteiger partial charge in [-0.05, 0) is 38.5 Å². The van der Waals surface area contributed by atoms with Crippen molar-refractivity contribution in [3.63, 3.8) is 0 Å². The van der Waals surface area contributed by atoms with E-state index < -0.39 is 32.9 Å². The summed E-state index contributed by atoms with van der Waals surface area (Å²) in [6.07, 6.45) is -1.68. The van der Waals surface area contributed by atoms with Gasteiger partial charge in [0, 0.05) is 36.2 Å². The molecule has 12 heteroatoms. The molecular formula is C23H23F3N4O4S. The molecule has 1 N–H and O–H groups in total. The number of pyridine rings is 1. The van der Waals surface area contributed by atoms with Gasteiger partial charge in [-0.1, -0.05) is 12.1 Å². The fraction of sp³-hybridized carbons (Fsp3) is 0.348. The summed E-state index contributed by atoms with van der Waals surface area (Å²) in [6.45, 7) is 5.41. The first-order valence-corrected chi connectivity index (χ1v) is 12.4. The van der Waals surface area contributed by atoms with Crippen LogP contribution in [0.15, 0.2) is 46.6 Å². The minimum Gasteiger partial charge on any atom is -0.348 e. The highest BCUT2D eigenvalue weighted by molar-refractivity contribution is 7.91. The van der Waals surface area contributed by atoms with Crippen molar-refractivity contribution in [2.45, 2.75) is 51.2 Å². The average molecular weight is 509 g/mol. The number of alkyl halides is 3. The number of imidazole rings is 1. The zero-order valence-electron chi connectivity index (χ0n) is 19.2. The van der Waals surface area contributed by atoms with Crippen LogP contribution in [-0.2, 0) is 29.1 Å². The fourth-order valence-electron chi connectivity index (χ4n) is 4.13. The molecule has 0 bridgehead atoms. The molecule has 1 aliphatic heterocycles. The Labute approximate surface area is 199 Å². The van der Waals surface area contributed by atoms with Crippen molar-refractivity contribution >= 4 is 15.7 Å². The number of benzene rings is 1. The summed E-state index contributed by atoms with van der Waals surface area (Å²) in [6, 6.07) is 4.24. The molecule has 0 saturated carbocycles. The van der Waals surface area contributed by atoms with E-state index in [4.69, 9.17) is 0 Å². The van der Waals surface area contributed by atoms with E-state index in [0.717, 1.165) is 12.1 Å². The van der Waals surface area contributed by atoms with Gasteiger partial charge in [-0.2, -0.15) is 13.2 Å². The van der Waals surface area contributed by atoms with Gasteiger partial charge in [-0.3, -0.25) is 9.59 Å². The lowest BCUT2D eigenvalue weighted by Crippen LogP contribution is -2.31. The maximum atomic E-state index is 13.3. The van der Waals surface area contributed by atoms with E-state index in [0.29, 0.717) is 11.4 Å². The number of rotatable bonds is 5. The minimum absolute atomic E-state index is 0.00418. The maximum absolute atomic E-state index is 13.3. The summed E-state index contributed by atoms with van der Waals surface area (Å²) < 4.78 is 66.9. The van der Waals surface area contributed by atoms with Crippen LogP contribution in [0.1, 0.15) is 47.2 Å². The Bertz CT molecular complexity index is 1490. The van der Waals surface area contributed by atoms with E-state index in [9.17, 15) is 31.2 Å². The molecule has 0 aliphatic carbocycles. The lowest BCUT2D eigenvalue weighted by molar-refractivity contribution is -0.137. The van der Waals surface area contributed by atoms with Gasteiger partial charge in [0.25, 0.3) is 5.91 Å². The summed E-state index contributed by atoms with van der Waals surface area (Å²) in [7, 11) is -3.45. The van der Waals surface area contributed by atoms with Crippen LogP contribution in [-0.4, -0.2) is 34.2 Å². The number of halogens is 3. The third-order valence-electron chi connectivity index (χ3n) is 5.87. The summed E-state index contributed by atoms with van der Waals surface area (Å²) in [5, 5.41) is 2.51. The molecule has 0 unspecified atom stereocenters. The van der Waals surface area contributed by atoms with E-state index in [2.05, 4.69) is 10.3 Å². The van der Waals surface area contributed by atoms with Crippen LogP contribution in [0.2, 0.25) is 0 Å². The molecule has 186 valence electrons. The summed E-state index contributed by atoms with van der Waals surface area (Å²) in [5.41, 5.74) is -1.04. The highest BCUT2D eigenvalue weighted by Gasteiger charge is 2.31. The Morgan fingerprint density at radius 2 is 1.94 bits per heavy atom. The van der Waals surface area contributed by atoms with Crippen LogP contribution in [0.3, 0.4) is 0 Å². The molecule has 1 aromatic carbocycles.